The second-order valence-electron chi connectivity index (χ2n) is 5.02. The number of likely N-dealkylation sites (tertiary alicyclic amines) is 1. The van der Waals surface area contributed by atoms with Gasteiger partial charge in [-0.25, -0.2) is 0 Å². The summed E-state index contributed by atoms with van der Waals surface area (Å²) >= 11 is 0. The molecule has 0 aromatic carbocycles. The lowest BCUT2D eigenvalue weighted by molar-refractivity contribution is -0.138. The van der Waals surface area contributed by atoms with Gasteiger partial charge in [-0.1, -0.05) is 0 Å². The van der Waals surface area contributed by atoms with Crippen LogP contribution in [0.15, 0.2) is 0 Å². The summed E-state index contributed by atoms with van der Waals surface area (Å²) in [5.74, 6) is 0.223. The second kappa shape index (κ2) is 6.50. The van der Waals surface area contributed by atoms with E-state index in [0.29, 0.717) is 19.3 Å². The molecular formula is C13H24N2O3. The minimum Gasteiger partial charge on any atom is -0.379 e. The Bertz CT molecular complexity index is 277. The SMILES string of the molecule is CCOC1CCN(C(=O)C2COCC2NC)CC1. The third kappa shape index (κ3) is 3.02. The van der Waals surface area contributed by atoms with E-state index in [0.717, 1.165) is 32.5 Å². The third-order valence-electron chi connectivity index (χ3n) is 3.92. The first kappa shape index (κ1) is 13.8. The van der Waals surface area contributed by atoms with Gasteiger partial charge in [0, 0.05) is 25.7 Å². The molecule has 0 aromatic rings. The van der Waals surface area contributed by atoms with Crippen LogP contribution < -0.4 is 5.32 Å². The standard InChI is InChI=1S/C13H24N2O3/c1-3-18-10-4-6-15(7-5-10)13(16)11-8-17-9-12(11)14-2/h10-12,14H,3-9H2,1-2H3. The molecule has 2 atom stereocenters. The number of ether oxygens (including phenoxy) is 2. The van der Waals surface area contributed by atoms with Crippen molar-refractivity contribution in [3.63, 3.8) is 0 Å². The van der Waals surface area contributed by atoms with Gasteiger partial charge in [0.15, 0.2) is 0 Å². The Morgan fingerprint density at radius 3 is 2.72 bits per heavy atom. The molecule has 0 bridgehead atoms. The van der Waals surface area contributed by atoms with Crippen molar-refractivity contribution in [2.24, 2.45) is 5.92 Å². The van der Waals surface area contributed by atoms with Gasteiger partial charge in [-0.05, 0) is 26.8 Å². The van der Waals surface area contributed by atoms with Crippen LogP contribution in [0.2, 0.25) is 0 Å². The van der Waals surface area contributed by atoms with Crippen LogP contribution in [0.3, 0.4) is 0 Å². The minimum atomic E-state index is -0.0151. The highest BCUT2D eigenvalue weighted by atomic mass is 16.5. The molecule has 2 saturated heterocycles. The zero-order valence-electron chi connectivity index (χ0n) is 11.4. The van der Waals surface area contributed by atoms with E-state index >= 15 is 0 Å². The predicted molar refractivity (Wildman–Crippen MR) is 68.4 cm³/mol. The Labute approximate surface area is 109 Å². The van der Waals surface area contributed by atoms with Crippen LogP contribution in [0.25, 0.3) is 0 Å². The summed E-state index contributed by atoms with van der Waals surface area (Å²) < 4.78 is 11.0. The van der Waals surface area contributed by atoms with Gasteiger partial charge < -0.3 is 19.7 Å². The van der Waals surface area contributed by atoms with Gasteiger partial charge in [-0.15, -0.1) is 0 Å². The lowest BCUT2D eigenvalue weighted by Crippen LogP contribution is -2.48. The molecule has 104 valence electrons. The highest BCUT2D eigenvalue weighted by molar-refractivity contribution is 5.80. The number of piperidine rings is 1. The van der Waals surface area contributed by atoms with Gasteiger partial charge in [0.2, 0.25) is 5.91 Å². The minimum absolute atomic E-state index is 0.0151. The van der Waals surface area contributed by atoms with Crippen molar-refractivity contribution >= 4 is 5.91 Å². The first-order valence-electron chi connectivity index (χ1n) is 6.91. The van der Waals surface area contributed by atoms with E-state index in [1.165, 1.54) is 0 Å². The maximum Gasteiger partial charge on any atom is 0.229 e. The first-order valence-corrected chi connectivity index (χ1v) is 6.91. The van der Waals surface area contributed by atoms with Crippen LogP contribution in [-0.2, 0) is 14.3 Å². The molecular weight excluding hydrogens is 232 g/mol. The quantitative estimate of drug-likeness (QED) is 0.783. The van der Waals surface area contributed by atoms with Crippen molar-refractivity contribution in [3.05, 3.63) is 0 Å². The number of carbonyl (C=O) groups is 1. The first-order chi connectivity index (χ1) is 8.76. The Kier molecular flexibility index (Phi) is 4.97. The molecule has 0 saturated carbocycles. The number of carbonyl (C=O) groups excluding carboxylic acids is 1. The van der Waals surface area contributed by atoms with Crippen molar-refractivity contribution in [1.29, 1.82) is 0 Å². The van der Waals surface area contributed by atoms with Gasteiger partial charge in [0.25, 0.3) is 0 Å². The third-order valence-corrected chi connectivity index (χ3v) is 3.92. The number of nitrogens with zero attached hydrogens (tertiary/aromatic N) is 1. The number of amides is 1. The molecule has 0 radical (unpaired) electrons. The number of hydrogen-bond acceptors (Lipinski definition) is 4. The molecule has 18 heavy (non-hydrogen) atoms. The highest BCUT2D eigenvalue weighted by Gasteiger charge is 2.36. The maximum absolute atomic E-state index is 12.4. The molecule has 2 unspecified atom stereocenters. The van der Waals surface area contributed by atoms with Crippen LogP contribution >= 0.6 is 0 Å². The Morgan fingerprint density at radius 1 is 1.39 bits per heavy atom. The van der Waals surface area contributed by atoms with E-state index in [1.54, 1.807) is 0 Å². The molecule has 2 fully saturated rings. The van der Waals surface area contributed by atoms with E-state index < -0.39 is 0 Å². The lowest BCUT2D eigenvalue weighted by atomic mass is 9.99. The van der Waals surface area contributed by atoms with Gasteiger partial charge in [0.1, 0.15) is 0 Å². The maximum atomic E-state index is 12.4. The average Bonchev–Trinajstić information content (AvgIpc) is 2.87. The molecule has 0 aliphatic carbocycles. The summed E-state index contributed by atoms with van der Waals surface area (Å²) in [4.78, 5) is 14.4. The summed E-state index contributed by atoms with van der Waals surface area (Å²) in [5.41, 5.74) is 0. The Morgan fingerprint density at radius 2 is 2.11 bits per heavy atom. The van der Waals surface area contributed by atoms with Crippen molar-refractivity contribution in [1.82, 2.24) is 10.2 Å². The molecule has 1 N–H and O–H groups in total. The second-order valence-corrected chi connectivity index (χ2v) is 5.02. The molecule has 2 rings (SSSR count). The highest BCUT2D eigenvalue weighted by Crippen LogP contribution is 2.20. The smallest absolute Gasteiger partial charge is 0.229 e. The van der Waals surface area contributed by atoms with Crippen LogP contribution in [0.1, 0.15) is 19.8 Å². The van der Waals surface area contributed by atoms with Crippen LogP contribution in [-0.4, -0.2) is 62.9 Å². The zero-order chi connectivity index (χ0) is 13.0. The number of rotatable bonds is 4. The van der Waals surface area contributed by atoms with E-state index in [2.05, 4.69) is 5.32 Å². The molecule has 2 heterocycles. The molecule has 0 aromatic heterocycles. The summed E-state index contributed by atoms with van der Waals surface area (Å²) in [6.07, 6.45) is 2.24. The van der Waals surface area contributed by atoms with Crippen molar-refractivity contribution in [2.75, 3.05) is 40.0 Å². The fourth-order valence-corrected chi connectivity index (χ4v) is 2.80. The van der Waals surface area contributed by atoms with E-state index in [4.69, 9.17) is 9.47 Å². The van der Waals surface area contributed by atoms with Gasteiger partial charge in [-0.2, -0.15) is 0 Å². The largest absolute Gasteiger partial charge is 0.379 e. The van der Waals surface area contributed by atoms with E-state index in [9.17, 15) is 4.79 Å². The van der Waals surface area contributed by atoms with Gasteiger partial charge >= 0.3 is 0 Å². The van der Waals surface area contributed by atoms with Gasteiger partial charge in [-0.3, -0.25) is 4.79 Å². The monoisotopic (exact) mass is 256 g/mol. The molecule has 2 aliphatic heterocycles. The van der Waals surface area contributed by atoms with Crippen molar-refractivity contribution in [2.45, 2.75) is 31.9 Å². The fraction of sp³-hybridized carbons (Fsp3) is 0.923. The number of nitrogens with one attached hydrogen (secondary N) is 1. The van der Waals surface area contributed by atoms with Crippen molar-refractivity contribution in [3.8, 4) is 0 Å². The van der Waals surface area contributed by atoms with E-state index in [-0.39, 0.29) is 17.9 Å². The topological polar surface area (TPSA) is 50.8 Å². The zero-order valence-corrected chi connectivity index (χ0v) is 11.4. The summed E-state index contributed by atoms with van der Waals surface area (Å²) in [6.45, 7) is 5.60. The van der Waals surface area contributed by atoms with Crippen LogP contribution in [0, 0.1) is 5.92 Å². The number of hydrogen-bond donors (Lipinski definition) is 1. The normalized spacial score (nSPS) is 29.8. The lowest BCUT2D eigenvalue weighted by Gasteiger charge is -2.34. The van der Waals surface area contributed by atoms with Crippen LogP contribution in [0.4, 0.5) is 0 Å². The molecule has 5 heteroatoms. The molecule has 0 spiro atoms. The fourth-order valence-electron chi connectivity index (χ4n) is 2.80. The molecule has 1 amide bonds. The molecule has 2 aliphatic rings. The van der Waals surface area contributed by atoms with E-state index in [1.807, 2.05) is 18.9 Å². The number of likely N-dealkylation sites (N-methyl/N-ethyl adjacent to an activating group) is 1. The Hall–Kier alpha value is -0.650. The van der Waals surface area contributed by atoms with Crippen molar-refractivity contribution < 1.29 is 14.3 Å². The average molecular weight is 256 g/mol. The Balaban J connectivity index is 1.83. The summed E-state index contributed by atoms with van der Waals surface area (Å²) in [6, 6.07) is 0.169. The summed E-state index contributed by atoms with van der Waals surface area (Å²) in [7, 11) is 1.89. The molecule has 5 nitrogen and oxygen atoms in total. The predicted octanol–water partition coefficient (Wildman–Crippen LogP) is 0.248. The van der Waals surface area contributed by atoms with Crippen LogP contribution in [0.5, 0.6) is 0 Å². The van der Waals surface area contributed by atoms with Gasteiger partial charge in [0.05, 0.1) is 25.2 Å². The summed E-state index contributed by atoms with van der Waals surface area (Å²) in [5, 5.41) is 3.17.